The van der Waals surface area contributed by atoms with Crippen molar-refractivity contribution in [2.75, 3.05) is 0 Å². The van der Waals surface area contributed by atoms with E-state index in [-0.39, 0.29) is 22.3 Å². The molecule has 4 nitrogen and oxygen atoms in total. The molecule has 0 fully saturated rings. The first-order chi connectivity index (χ1) is 8.43. The van der Waals surface area contributed by atoms with Crippen LogP contribution in [0.25, 0.3) is 0 Å². The summed E-state index contributed by atoms with van der Waals surface area (Å²) in [5.41, 5.74) is -0.0661. The van der Waals surface area contributed by atoms with Gasteiger partial charge in [-0.1, -0.05) is 20.8 Å². The number of aryl methyl sites for hydroxylation is 1. The van der Waals surface area contributed by atoms with Gasteiger partial charge < -0.3 is 5.32 Å². The molecule has 19 heavy (non-hydrogen) atoms. The van der Waals surface area contributed by atoms with E-state index in [1.54, 1.807) is 6.92 Å². The fourth-order valence-electron chi connectivity index (χ4n) is 1.30. The lowest BCUT2D eigenvalue weighted by atomic mass is 9.88. The second-order valence-electron chi connectivity index (χ2n) is 5.53. The van der Waals surface area contributed by atoms with Gasteiger partial charge in [0.1, 0.15) is 0 Å². The zero-order valence-electron chi connectivity index (χ0n) is 11.6. The van der Waals surface area contributed by atoms with E-state index in [9.17, 15) is 13.2 Å². The zero-order valence-corrected chi connectivity index (χ0v) is 14.0. The highest BCUT2D eigenvalue weighted by Crippen LogP contribution is 2.28. The van der Waals surface area contributed by atoms with E-state index in [2.05, 4.69) is 5.32 Å². The van der Waals surface area contributed by atoms with Crippen LogP contribution in [0.1, 0.15) is 42.2 Å². The molecule has 1 rings (SSSR count). The predicted molar refractivity (Wildman–Crippen MR) is 78.5 cm³/mol. The Morgan fingerprint density at radius 1 is 1.42 bits per heavy atom. The van der Waals surface area contributed by atoms with Crippen LogP contribution in [0.4, 0.5) is 0 Å². The highest BCUT2D eigenvalue weighted by Gasteiger charge is 2.25. The van der Waals surface area contributed by atoms with E-state index in [0.717, 1.165) is 11.3 Å². The number of carbonyl (C=O) groups is 1. The van der Waals surface area contributed by atoms with Gasteiger partial charge in [0.25, 0.3) is 15.0 Å². The highest BCUT2D eigenvalue weighted by atomic mass is 35.7. The van der Waals surface area contributed by atoms with Gasteiger partial charge in [-0.05, 0) is 25.3 Å². The molecular weight excluding hydrogens is 306 g/mol. The normalized spacial score (nSPS) is 14.2. The molecule has 0 saturated carbocycles. The molecule has 0 radical (unpaired) electrons. The second kappa shape index (κ2) is 5.42. The molecule has 1 aromatic rings. The maximum Gasteiger partial charge on any atom is 0.262 e. The number of nitrogens with one attached hydrogen (secondary N) is 1. The van der Waals surface area contributed by atoms with E-state index in [4.69, 9.17) is 10.7 Å². The summed E-state index contributed by atoms with van der Waals surface area (Å²) in [5.74, 6) is -0.276. The van der Waals surface area contributed by atoms with Gasteiger partial charge in [0.15, 0.2) is 0 Å². The van der Waals surface area contributed by atoms with Gasteiger partial charge in [0.2, 0.25) is 0 Å². The molecule has 0 bridgehead atoms. The maximum absolute atomic E-state index is 12.1. The number of amides is 1. The van der Waals surface area contributed by atoms with Gasteiger partial charge in [-0.25, -0.2) is 8.42 Å². The number of hydrogen-bond acceptors (Lipinski definition) is 4. The van der Waals surface area contributed by atoms with Crippen LogP contribution in [0.3, 0.4) is 0 Å². The molecule has 0 aliphatic heterocycles. The van der Waals surface area contributed by atoms with Crippen molar-refractivity contribution >= 4 is 37.0 Å². The molecule has 0 aromatic carbocycles. The van der Waals surface area contributed by atoms with Crippen LogP contribution in [0.15, 0.2) is 11.0 Å². The summed E-state index contributed by atoms with van der Waals surface area (Å²) in [6.07, 6.45) is 0. The molecule has 0 spiro atoms. The summed E-state index contributed by atoms with van der Waals surface area (Å²) >= 11 is 1.13. The molecule has 0 aliphatic carbocycles. The minimum atomic E-state index is -3.80. The first kappa shape index (κ1) is 16.5. The smallest absolute Gasteiger partial charge is 0.262 e. The van der Waals surface area contributed by atoms with Crippen molar-refractivity contribution in [3.63, 3.8) is 0 Å². The van der Waals surface area contributed by atoms with Gasteiger partial charge in [0, 0.05) is 21.6 Å². The third-order valence-electron chi connectivity index (χ3n) is 3.01. The van der Waals surface area contributed by atoms with Crippen molar-refractivity contribution in [1.82, 2.24) is 5.32 Å². The Morgan fingerprint density at radius 2 is 1.95 bits per heavy atom. The van der Waals surface area contributed by atoms with Crippen molar-refractivity contribution in [2.24, 2.45) is 5.41 Å². The maximum atomic E-state index is 12.1. The summed E-state index contributed by atoms with van der Waals surface area (Å²) in [6, 6.07) is 1.30. The molecule has 1 atom stereocenters. The molecule has 1 aromatic heterocycles. The summed E-state index contributed by atoms with van der Waals surface area (Å²) in [5, 5.41) is 2.86. The molecule has 108 valence electrons. The van der Waals surface area contributed by atoms with E-state index in [0.29, 0.717) is 9.75 Å². The predicted octanol–water partition coefficient (Wildman–Crippen LogP) is 3.15. The summed E-state index contributed by atoms with van der Waals surface area (Å²) in [4.78, 5) is 12.9. The monoisotopic (exact) mass is 323 g/mol. The van der Waals surface area contributed by atoms with Gasteiger partial charge in [-0.2, -0.15) is 0 Å². The molecular formula is C12H18ClNO3S2. The number of hydrogen-bond donors (Lipinski definition) is 1. The van der Waals surface area contributed by atoms with Crippen LogP contribution in [0.5, 0.6) is 0 Å². The fourth-order valence-corrected chi connectivity index (χ4v) is 3.87. The lowest BCUT2D eigenvalue weighted by molar-refractivity contribution is 0.0914. The Kier molecular flexibility index (Phi) is 4.70. The van der Waals surface area contributed by atoms with Crippen LogP contribution >= 0.6 is 22.0 Å². The zero-order chi connectivity index (χ0) is 15.0. The first-order valence-corrected chi connectivity index (χ1v) is 8.91. The molecule has 0 saturated heterocycles. The van der Waals surface area contributed by atoms with E-state index in [1.165, 1.54) is 6.07 Å². The third kappa shape index (κ3) is 4.19. The van der Waals surface area contributed by atoms with Crippen molar-refractivity contribution in [3.8, 4) is 0 Å². The second-order valence-corrected chi connectivity index (χ2v) is 9.32. The summed E-state index contributed by atoms with van der Waals surface area (Å²) < 4.78 is 22.6. The Bertz CT molecular complexity index is 585. The van der Waals surface area contributed by atoms with Crippen LogP contribution in [-0.4, -0.2) is 20.4 Å². The molecule has 0 aliphatic rings. The number of rotatable bonds is 3. The molecule has 1 unspecified atom stereocenters. The highest BCUT2D eigenvalue weighted by molar-refractivity contribution is 8.13. The van der Waals surface area contributed by atoms with E-state index >= 15 is 0 Å². The largest absolute Gasteiger partial charge is 0.348 e. The van der Waals surface area contributed by atoms with Crippen LogP contribution in [-0.2, 0) is 9.05 Å². The van der Waals surface area contributed by atoms with Gasteiger partial charge >= 0.3 is 0 Å². The van der Waals surface area contributed by atoms with Crippen LogP contribution in [0.2, 0.25) is 0 Å². The fraction of sp³-hybridized carbons (Fsp3) is 0.583. The average Bonchev–Trinajstić information content (AvgIpc) is 2.58. The number of carbonyl (C=O) groups excluding carboxylic acids is 1. The Hall–Kier alpha value is -0.590. The minimum Gasteiger partial charge on any atom is -0.348 e. The Morgan fingerprint density at radius 3 is 2.32 bits per heavy atom. The number of thiophene rings is 1. The van der Waals surface area contributed by atoms with Crippen molar-refractivity contribution in [2.45, 2.75) is 45.6 Å². The standard InChI is InChI=1S/C12H18ClNO3S2/c1-7-10(19(13,16)17)6-9(18-7)11(15)14-8(2)12(3,4)5/h6,8H,1-5H3,(H,14,15). The SMILES string of the molecule is Cc1sc(C(=O)NC(C)C(C)(C)C)cc1S(=O)(=O)Cl. The van der Waals surface area contributed by atoms with E-state index in [1.807, 2.05) is 27.7 Å². The lowest BCUT2D eigenvalue weighted by Crippen LogP contribution is -2.41. The molecule has 1 amide bonds. The summed E-state index contributed by atoms with van der Waals surface area (Å²) in [6.45, 7) is 9.60. The Labute approximate surface area is 122 Å². The molecule has 7 heteroatoms. The van der Waals surface area contributed by atoms with E-state index < -0.39 is 9.05 Å². The van der Waals surface area contributed by atoms with Gasteiger partial charge in [-0.15, -0.1) is 11.3 Å². The number of halogens is 1. The van der Waals surface area contributed by atoms with Crippen LogP contribution in [0, 0.1) is 12.3 Å². The first-order valence-electron chi connectivity index (χ1n) is 5.79. The summed E-state index contributed by atoms with van der Waals surface area (Å²) in [7, 11) is 1.51. The van der Waals surface area contributed by atoms with Crippen molar-refractivity contribution in [1.29, 1.82) is 0 Å². The van der Waals surface area contributed by atoms with Crippen molar-refractivity contribution in [3.05, 3.63) is 15.8 Å². The third-order valence-corrected chi connectivity index (χ3v) is 5.63. The molecule has 1 N–H and O–H groups in total. The van der Waals surface area contributed by atoms with Crippen molar-refractivity contribution < 1.29 is 13.2 Å². The van der Waals surface area contributed by atoms with Gasteiger partial charge in [-0.3, -0.25) is 4.79 Å². The van der Waals surface area contributed by atoms with Gasteiger partial charge in [0.05, 0.1) is 9.77 Å². The lowest BCUT2D eigenvalue weighted by Gasteiger charge is -2.27. The average molecular weight is 324 g/mol. The Balaban J connectivity index is 2.97. The minimum absolute atomic E-state index is 0.00716. The topological polar surface area (TPSA) is 63.2 Å². The van der Waals surface area contributed by atoms with Crippen LogP contribution < -0.4 is 5.32 Å². The molecule has 1 heterocycles. The quantitative estimate of drug-likeness (QED) is 0.869.